The molecule has 0 aliphatic carbocycles. The van der Waals surface area contributed by atoms with E-state index < -0.39 is 0 Å². The highest BCUT2D eigenvalue weighted by molar-refractivity contribution is 9.10. The standard InChI is InChI=1S/C15H22BrFN2.ClH/c1-2-18-10-12-5-7-19(8-6-12)11-13-3-4-14(16)15(17)9-13;/h3-4,9,12,18H,2,5-8,10-11H2,1H3;1H. The Balaban J connectivity index is 0.00000200. The van der Waals surface area contributed by atoms with Crippen molar-refractivity contribution in [3.63, 3.8) is 0 Å². The van der Waals surface area contributed by atoms with E-state index in [1.54, 1.807) is 12.1 Å². The minimum Gasteiger partial charge on any atom is -0.317 e. The van der Waals surface area contributed by atoms with Gasteiger partial charge in [-0.15, -0.1) is 12.4 Å². The zero-order chi connectivity index (χ0) is 13.7. The fourth-order valence-electron chi connectivity index (χ4n) is 2.59. The molecule has 0 unspecified atom stereocenters. The van der Waals surface area contributed by atoms with Crippen molar-refractivity contribution in [2.24, 2.45) is 5.92 Å². The molecular formula is C15H23BrClFN2. The number of hydrogen-bond acceptors (Lipinski definition) is 2. The second kappa shape index (κ2) is 8.98. The summed E-state index contributed by atoms with van der Waals surface area (Å²) < 4.78 is 14.0. The van der Waals surface area contributed by atoms with Gasteiger partial charge in [-0.2, -0.15) is 0 Å². The van der Waals surface area contributed by atoms with E-state index in [4.69, 9.17) is 0 Å². The number of rotatable bonds is 5. The highest BCUT2D eigenvalue weighted by Gasteiger charge is 2.18. The van der Waals surface area contributed by atoms with Gasteiger partial charge in [-0.05, 0) is 78.6 Å². The predicted molar refractivity (Wildman–Crippen MR) is 87.9 cm³/mol. The average Bonchev–Trinajstić information content (AvgIpc) is 2.42. The number of nitrogens with one attached hydrogen (secondary N) is 1. The molecule has 1 saturated heterocycles. The zero-order valence-corrected chi connectivity index (χ0v) is 14.3. The number of piperidine rings is 1. The van der Waals surface area contributed by atoms with Crippen LogP contribution in [0.4, 0.5) is 4.39 Å². The Morgan fingerprint density at radius 3 is 2.65 bits per heavy atom. The van der Waals surface area contributed by atoms with Crippen LogP contribution in [0.5, 0.6) is 0 Å². The van der Waals surface area contributed by atoms with E-state index in [1.165, 1.54) is 12.8 Å². The van der Waals surface area contributed by atoms with E-state index in [2.05, 4.69) is 33.1 Å². The molecule has 1 N–H and O–H groups in total. The minimum atomic E-state index is -0.167. The fourth-order valence-corrected chi connectivity index (χ4v) is 2.84. The van der Waals surface area contributed by atoms with E-state index in [9.17, 15) is 4.39 Å². The first kappa shape index (κ1) is 17.9. The first-order valence-electron chi connectivity index (χ1n) is 7.06. The van der Waals surface area contributed by atoms with Gasteiger partial charge in [0.1, 0.15) is 5.82 Å². The van der Waals surface area contributed by atoms with Gasteiger partial charge in [0.25, 0.3) is 0 Å². The van der Waals surface area contributed by atoms with Crippen molar-refractivity contribution in [1.29, 1.82) is 0 Å². The van der Waals surface area contributed by atoms with Gasteiger partial charge in [0.15, 0.2) is 0 Å². The van der Waals surface area contributed by atoms with Crippen molar-refractivity contribution < 1.29 is 4.39 Å². The first-order valence-corrected chi connectivity index (χ1v) is 7.85. The van der Waals surface area contributed by atoms with E-state index >= 15 is 0 Å². The summed E-state index contributed by atoms with van der Waals surface area (Å²) in [6, 6.07) is 5.43. The molecule has 0 spiro atoms. The van der Waals surface area contributed by atoms with Crippen molar-refractivity contribution in [1.82, 2.24) is 10.2 Å². The van der Waals surface area contributed by atoms with Gasteiger partial charge < -0.3 is 5.32 Å². The maximum Gasteiger partial charge on any atom is 0.137 e. The van der Waals surface area contributed by atoms with E-state index in [0.717, 1.165) is 44.2 Å². The van der Waals surface area contributed by atoms with Gasteiger partial charge >= 0.3 is 0 Å². The van der Waals surface area contributed by atoms with Crippen molar-refractivity contribution in [2.45, 2.75) is 26.3 Å². The maximum atomic E-state index is 13.5. The van der Waals surface area contributed by atoms with Crippen molar-refractivity contribution in [2.75, 3.05) is 26.2 Å². The molecule has 1 aromatic carbocycles. The number of halogens is 3. The maximum absolute atomic E-state index is 13.5. The second-order valence-corrected chi connectivity index (χ2v) is 6.13. The van der Waals surface area contributed by atoms with Crippen LogP contribution in [0, 0.1) is 11.7 Å². The van der Waals surface area contributed by atoms with Gasteiger partial charge in [0.05, 0.1) is 4.47 Å². The Morgan fingerprint density at radius 2 is 2.05 bits per heavy atom. The van der Waals surface area contributed by atoms with Gasteiger partial charge in [0.2, 0.25) is 0 Å². The summed E-state index contributed by atoms with van der Waals surface area (Å²) in [5, 5.41) is 3.42. The van der Waals surface area contributed by atoms with E-state index in [-0.39, 0.29) is 18.2 Å². The van der Waals surface area contributed by atoms with Crippen LogP contribution in [0.15, 0.2) is 22.7 Å². The fraction of sp³-hybridized carbons (Fsp3) is 0.600. The molecule has 0 aromatic heterocycles. The number of likely N-dealkylation sites (tertiary alicyclic amines) is 1. The molecule has 1 aliphatic heterocycles. The molecule has 20 heavy (non-hydrogen) atoms. The summed E-state index contributed by atoms with van der Waals surface area (Å²) in [6.45, 7) is 7.44. The minimum absolute atomic E-state index is 0. The third-order valence-corrected chi connectivity index (χ3v) is 4.42. The van der Waals surface area contributed by atoms with Gasteiger partial charge in [-0.25, -0.2) is 4.39 Å². The third kappa shape index (κ3) is 5.32. The molecule has 5 heteroatoms. The van der Waals surface area contributed by atoms with Crippen LogP contribution in [-0.4, -0.2) is 31.1 Å². The Morgan fingerprint density at radius 1 is 1.35 bits per heavy atom. The summed E-state index contributed by atoms with van der Waals surface area (Å²) in [4.78, 5) is 2.42. The lowest BCUT2D eigenvalue weighted by Gasteiger charge is -2.32. The lowest BCUT2D eigenvalue weighted by Crippen LogP contribution is -2.36. The average molecular weight is 366 g/mol. The highest BCUT2D eigenvalue weighted by atomic mass is 79.9. The molecule has 1 aromatic rings. The van der Waals surface area contributed by atoms with Crippen LogP contribution < -0.4 is 5.32 Å². The van der Waals surface area contributed by atoms with Crippen LogP contribution in [0.25, 0.3) is 0 Å². The quantitative estimate of drug-likeness (QED) is 0.853. The highest BCUT2D eigenvalue weighted by Crippen LogP contribution is 2.21. The summed E-state index contributed by atoms with van der Waals surface area (Å²) in [5.41, 5.74) is 1.06. The largest absolute Gasteiger partial charge is 0.317 e. The molecule has 114 valence electrons. The van der Waals surface area contributed by atoms with Gasteiger partial charge in [0, 0.05) is 6.54 Å². The molecule has 0 atom stereocenters. The molecule has 1 fully saturated rings. The smallest absolute Gasteiger partial charge is 0.137 e. The number of hydrogen-bond donors (Lipinski definition) is 1. The Labute approximate surface area is 135 Å². The van der Waals surface area contributed by atoms with Crippen LogP contribution in [0.2, 0.25) is 0 Å². The van der Waals surface area contributed by atoms with Crippen LogP contribution >= 0.6 is 28.3 Å². The van der Waals surface area contributed by atoms with Crippen LogP contribution in [0.3, 0.4) is 0 Å². The normalized spacial score (nSPS) is 16.9. The summed E-state index contributed by atoms with van der Waals surface area (Å²) in [7, 11) is 0. The van der Waals surface area contributed by atoms with E-state index in [1.807, 2.05) is 6.07 Å². The first-order chi connectivity index (χ1) is 9.19. The van der Waals surface area contributed by atoms with Gasteiger partial charge in [-0.3, -0.25) is 4.90 Å². The van der Waals surface area contributed by atoms with Crippen LogP contribution in [-0.2, 0) is 6.54 Å². The molecule has 0 saturated carbocycles. The number of benzene rings is 1. The van der Waals surface area contributed by atoms with Gasteiger partial charge in [-0.1, -0.05) is 13.0 Å². The number of nitrogens with zero attached hydrogens (tertiary/aromatic N) is 1. The van der Waals surface area contributed by atoms with E-state index in [0.29, 0.717) is 4.47 Å². The summed E-state index contributed by atoms with van der Waals surface area (Å²) >= 11 is 3.19. The molecule has 0 bridgehead atoms. The molecule has 0 radical (unpaired) electrons. The van der Waals surface area contributed by atoms with Crippen LogP contribution in [0.1, 0.15) is 25.3 Å². The molecule has 0 amide bonds. The second-order valence-electron chi connectivity index (χ2n) is 5.28. The summed E-state index contributed by atoms with van der Waals surface area (Å²) in [6.07, 6.45) is 2.48. The molecular weight excluding hydrogens is 343 g/mol. The van der Waals surface area contributed by atoms with Crippen molar-refractivity contribution >= 4 is 28.3 Å². The molecule has 2 nitrogen and oxygen atoms in total. The zero-order valence-electron chi connectivity index (χ0n) is 11.9. The van der Waals surface area contributed by atoms with Crippen molar-refractivity contribution in [3.05, 3.63) is 34.1 Å². The molecule has 2 rings (SSSR count). The summed E-state index contributed by atoms with van der Waals surface area (Å²) in [5.74, 6) is 0.636. The van der Waals surface area contributed by atoms with Crippen molar-refractivity contribution in [3.8, 4) is 0 Å². The topological polar surface area (TPSA) is 15.3 Å². The third-order valence-electron chi connectivity index (χ3n) is 3.78. The Hall–Kier alpha value is -0.160. The Kier molecular flexibility index (Phi) is 8.03. The predicted octanol–water partition coefficient (Wildman–Crippen LogP) is 3.83. The monoisotopic (exact) mass is 364 g/mol. The SMILES string of the molecule is CCNCC1CCN(Cc2ccc(Br)c(F)c2)CC1.Cl. The Bertz CT molecular complexity index is 409. The lowest BCUT2D eigenvalue weighted by atomic mass is 9.96. The molecule has 1 heterocycles. The molecule has 1 aliphatic rings. The lowest BCUT2D eigenvalue weighted by molar-refractivity contribution is 0.175.